The summed E-state index contributed by atoms with van der Waals surface area (Å²) >= 11 is 0. The Hall–Kier alpha value is -3.36. The molecule has 0 aromatic heterocycles. The Balaban J connectivity index is 1.32. The molecule has 0 aliphatic carbocycles. The number of benzene rings is 3. The van der Waals surface area contributed by atoms with E-state index in [9.17, 15) is 18.0 Å². The van der Waals surface area contributed by atoms with E-state index in [4.69, 9.17) is 4.74 Å². The van der Waals surface area contributed by atoms with E-state index >= 15 is 0 Å². The Morgan fingerprint density at radius 3 is 2.25 bits per heavy atom. The van der Waals surface area contributed by atoms with Crippen molar-refractivity contribution in [3.63, 3.8) is 0 Å². The maximum Gasteiger partial charge on any atom is 0.417 e. The van der Waals surface area contributed by atoms with E-state index in [1.807, 2.05) is 12.1 Å². The van der Waals surface area contributed by atoms with Crippen LogP contribution >= 0.6 is 0 Å². The van der Waals surface area contributed by atoms with Crippen LogP contribution in [0.15, 0.2) is 60.7 Å². The lowest BCUT2D eigenvalue weighted by atomic mass is 9.85. The zero-order valence-corrected chi connectivity index (χ0v) is 23.1. The molecule has 2 fully saturated rings. The quantitative estimate of drug-likeness (QED) is 0.267. The van der Waals surface area contributed by atoms with Crippen molar-refractivity contribution in [3.05, 3.63) is 94.8 Å². The van der Waals surface area contributed by atoms with Crippen LogP contribution in [-0.4, -0.2) is 54.7 Å². The van der Waals surface area contributed by atoms with Gasteiger partial charge in [-0.15, -0.1) is 0 Å². The number of likely N-dealkylation sites (tertiary alicyclic amines) is 2. The number of amides is 2. The minimum atomic E-state index is -1.26. The topological polar surface area (TPSA) is 41.6 Å². The van der Waals surface area contributed by atoms with Gasteiger partial charge in [-0.2, -0.15) is 0 Å². The Bertz CT molecular complexity index is 1330. The lowest BCUT2D eigenvalue weighted by Gasteiger charge is -2.42. The van der Waals surface area contributed by atoms with Gasteiger partial charge in [-0.1, -0.05) is 24.3 Å². The first kappa shape index (κ1) is 28.2. The van der Waals surface area contributed by atoms with Crippen molar-refractivity contribution in [2.24, 2.45) is 0 Å². The Labute approximate surface area is 234 Å². The summed E-state index contributed by atoms with van der Waals surface area (Å²) in [5.74, 6) is -3.08. The van der Waals surface area contributed by atoms with Crippen LogP contribution in [0.3, 0.4) is 0 Å². The number of rotatable bonds is 6. The molecule has 2 heterocycles. The van der Waals surface area contributed by atoms with Gasteiger partial charge in [0.05, 0.1) is 13.1 Å². The predicted octanol–water partition coefficient (Wildman–Crippen LogP) is 6.90. The molecule has 2 saturated heterocycles. The molecule has 0 spiro atoms. The number of nitrogens with one attached hydrogen (secondary N) is 1. The number of ether oxygens (including phenoxy) is 1. The number of halogens is 3. The van der Waals surface area contributed by atoms with Gasteiger partial charge in [0.2, 0.25) is 0 Å². The number of nitrogens with zero attached hydrogens (tertiary/aromatic N) is 2. The molecule has 0 atom stereocenters. The molecule has 8 heteroatoms. The monoisotopic (exact) mass is 552 g/mol. The third-order valence-corrected chi connectivity index (χ3v) is 8.53. The van der Waals surface area contributed by atoms with Crippen LogP contribution < -0.4 is 10.1 Å². The van der Waals surface area contributed by atoms with Gasteiger partial charge >= 0.3 is 6.03 Å². The Kier molecular flexibility index (Phi) is 8.47. The van der Waals surface area contributed by atoms with Crippen molar-refractivity contribution in [2.45, 2.75) is 51.1 Å². The maximum absolute atomic E-state index is 14.1. The maximum atomic E-state index is 14.1. The molecule has 5 nitrogen and oxygen atoms in total. The van der Waals surface area contributed by atoms with Crippen LogP contribution in [0, 0.1) is 24.4 Å². The second kappa shape index (κ2) is 12.0. The molecule has 40 heavy (non-hydrogen) atoms. The SMILES string of the molecule is Cc1ccccc1C1CC[N+](Cc2ccc(Oc3cc(F)c(F)cc3F)cc2)(C(=O)NC2CCN(C)CC2)CC1. The number of aryl methyl sites for hydroxylation is 1. The zero-order chi connectivity index (χ0) is 28.3. The van der Waals surface area contributed by atoms with Crippen molar-refractivity contribution in [1.29, 1.82) is 0 Å². The molecule has 3 aromatic carbocycles. The number of hydrogen-bond acceptors (Lipinski definition) is 3. The molecule has 2 aliphatic heterocycles. The lowest BCUT2D eigenvalue weighted by molar-refractivity contribution is -0.869. The fraction of sp³-hybridized carbons (Fsp3) is 0.406. The summed E-state index contributed by atoms with van der Waals surface area (Å²) in [5.41, 5.74) is 3.60. The minimum absolute atomic E-state index is 0.0713. The van der Waals surface area contributed by atoms with E-state index in [-0.39, 0.29) is 17.8 Å². The molecule has 5 rings (SSSR count). The zero-order valence-electron chi connectivity index (χ0n) is 23.1. The summed E-state index contributed by atoms with van der Waals surface area (Å²) < 4.78 is 46.7. The van der Waals surface area contributed by atoms with Crippen LogP contribution in [0.4, 0.5) is 18.0 Å². The first-order valence-electron chi connectivity index (χ1n) is 14.0. The molecule has 212 valence electrons. The van der Waals surface area contributed by atoms with Crippen LogP contribution in [-0.2, 0) is 6.54 Å². The Morgan fingerprint density at radius 1 is 0.925 bits per heavy atom. The van der Waals surface area contributed by atoms with E-state index in [0.717, 1.165) is 57.4 Å². The van der Waals surface area contributed by atoms with Crippen molar-refractivity contribution in [2.75, 3.05) is 33.2 Å². The van der Waals surface area contributed by atoms with E-state index < -0.39 is 17.5 Å². The standard InChI is InChI=1S/C32H36F3N3O2/c1-22-5-3-4-6-27(22)24-13-17-38(18-14-24,32(39)36-25-11-15-37(2)16-12-25)21-23-7-9-26(10-8-23)40-31-20-29(34)28(33)19-30(31)35/h3-10,19-20,24-25H,11-18,21H2,1-2H3/p+1. The predicted molar refractivity (Wildman–Crippen MR) is 149 cm³/mol. The van der Waals surface area contributed by atoms with Crippen molar-refractivity contribution < 1.29 is 27.2 Å². The molecule has 0 bridgehead atoms. The van der Waals surface area contributed by atoms with Gasteiger partial charge in [0.1, 0.15) is 12.3 Å². The van der Waals surface area contributed by atoms with E-state index in [1.165, 1.54) is 11.1 Å². The molecule has 0 unspecified atom stereocenters. The summed E-state index contributed by atoms with van der Waals surface area (Å²) in [7, 11) is 2.11. The molecule has 0 saturated carbocycles. The number of urea groups is 1. The average molecular weight is 553 g/mol. The molecular formula is C32H37F3N3O2+. The van der Waals surface area contributed by atoms with Gasteiger partial charge < -0.3 is 15.0 Å². The highest BCUT2D eigenvalue weighted by atomic mass is 19.2. The highest BCUT2D eigenvalue weighted by molar-refractivity contribution is 5.67. The van der Waals surface area contributed by atoms with Gasteiger partial charge in [0, 0.05) is 36.6 Å². The number of quaternary nitrogens is 1. The highest BCUT2D eigenvalue weighted by Gasteiger charge is 2.42. The number of piperidine rings is 2. The van der Waals surface area contributed by atoms with Gasteiger partial charge in [-0.05, 0) is 81.2 Å². The molecule has 1 N–H and O–H groups in total. The van der Waals surface area contributed by atoms with Crippen molar-refractivity contribution >= 4 is 6.03 Å². The summed E-state index contributed by atoms with van der Waals surface area (Å²) in [6, 6.07) is 16.9. The largest absolute Gasteiger partial charge is 0.454 e. The smallest absolute Gasteiger partial charge is 0.417 e. The van der Waals surface area contributed by atoms with Crippen LogP contribution in [0.1, 0.15) is 48.3 Å². The lowest BCUT2D eigenvalue weighted by Crippen LogP contribution is -2.62. The molecule has 2 aliphatic rings. The normalized spacial score (nSPS) is 22.2. The minimum Gasteiger partial charge on any atom is -0.454 e. The number of hydrogen-bond donors (Lipinski definition) is 1. The van der Waals surface area contributed by atoms with Gasteiger partial charge in [0.15, 0.2) is 23.2 Å². The number of carbonyl (C=O) groups excluding carboxylic acids is 1. The average Bonchev–Trinajstić information content (AvgIpc) is 2.95. The van der Waals surface area contributed by atoms with Crippen molar-refractivity contribution in [3.8, 4) is 11.5 Å². The third kappa shape index (κ3) is 6.34. The first-order valence-corrected chi connectivity index (χ1v) is 14.0. The van der Waals surface area contributed by atoms with Crippen molar-refractivity contribution in [1.82, 2.24) is 10.2 Å². The van der Waals surface area contributed by atoms with Crippen LogP contribution in [0.5, 0.6) is 11.5 Å². The first-order chi connectivity index (χ1) is 19.2. The van der Waals surface area contributed by atoms with E-state index in [2.05, 4.69) is 48.5 Å². The van der Waals surface area contributed by atoms with Crippen LogP contribution in [0.25, 0.3) is 0 Å². The van der Waals surface area contributed by atoms with Gasteiger partial charge in [-0.3, -0.25) is 0 Å². The van der Waals surface area contributed by atoms with Gasteiger partial charge in [-0.25, -0.2) is 22.4 Å². The van der Waals surface area contributed by atoms with E-state index in [1.54, 1.807) is 12.1 Å². The summed E-state index contributed by atoms with van der Waals surface area (Å²) in [4.78, 5) is 16.2. The van der Waals surface area contributed by atoms with Gasteiger partial charge in [0.25, 0.3) is 0 Å². The third-order valence-electron chi connectivity index (χ3n) is 8.53. The highest BCUT2D eigenvalue weighted by Crippen LogP contribution is 2.35. The second-order valence-corrected chi connectivity index (χ2v) is 11.4. The summed E-state index contributed by atoms with van der Waals surface area (Å²) in [6.07, 6.45) is 3.73. The van der Waals surface area contributed by atoms with E-state index in [0.29, 0.717) is 34.8 Å². The Morgan fingerprint density at radius 2 is 1.57 bits per heavy atom. The molecule has 3 aromatic rings. The van der Waals surface area contributed by atoms with Crippen LogP contribution in [0.2, 0.25) is 0 Å². The fourth-order valence-electron chi connectivity index (χ4n) is 6.04. The molecular weight excluding hydrogens is 515 g/mol. The molecule has 2 amide bonds. The molecule has 0 radical (unpaired) electrons. The summed E-state index contributed by atoms with van der Waals surface area (Å²) in [6.45, 7) is 6.08. The second-order valence-electron chi connectivity index (χ2n) is 11.4. The fourth-order valence-corrected chi connectivity index (χ4v) is 6.04. The number of carbonyl (C=O) groups is 1. The summed E-state index contributed by atoms with van der Waals surface area (Å²) in [5, 5.41) is 3.37.